The quantitative estimate of drug-likeness (QED) is 0.0786. The fourth-order valence-corrected chi connectivity index (χ4v) is 7.34. The lowest BCUT2D eigenvalue weighted by atomic mass is 9.69. The number of ether oxygens (including phenoxy) is 4. The number of carbonyl (C=O) groups excluding carboxylic acids is 2. The van der Waals surface area contributed by atoms with E-state index in [2.05, 4.69) is 20.1 Å². The van der Waals surface area contributed by atoms with Crippen molar-refractivity contribution < 1.29 is 33.6 Å². The molecule has 0 spiro atoms. The maximum absolute atomic E-state index is 14.1. The molecule has 3 unspecified atom stereocenters. The molecule has 2 fully saturated rings. The van der Waals surface area contributed by atoms with Gasteiger partial charge in [0, 0.05) is 29.2 Å². The molecule has 274 valence electrons. The van der Waals surface area contributed by atoms with Crippen LogP contribution < -0.4 is 0 Å². The van der Waals surface area contributed by atoms with E-state index in [-0.39, 0.29) is 32.3 Å². The number of hydrogen-bond donors (Lipinski definition) is 1. The molecule has 14 heteroatoms. The van der Waals surface area contributed by atoms with Crippen molar-refractivity contribution in [3.8, 4) is 0 Å². The van der Waals surface area contributed by atoms with Crippen LogP contribution in [0.2, 0.25) is 0 Å². The Bertz CT molecular complexity index is 1690. The summed E-state index contributed by atoms with van der Waals surface area (Å²) >= 11 is 0. The maximum atomic E-state index is 14.1. The summed E-state index contributed by atoms with van der Waals surface area (Å²) in [5.74, 6) is -1.60. The van der Waals surface area contributed by atoms with Gasteiger partial charge < -0.3 is 24.1 Å². The summed E-state index contributed by atoms with van der Waals surface area (Å²) in [6, 6.07) is 26.5. The molecule has 2 aliphatic rings. The number of amides is 1. The van der Waals surface area contributed by atoms with Crippen molar-refractivity contribution in [3.63, 3.8) is 0 Å². The summed E-state index contributed by atoms with van der Waals surface area (Å²) in [6.45, 7) is 3.75. The topological polar surface area (TPSA) is 192 Å². The van der Waals surface area contributed by atoms with E-state index in [9.17, 15) is 25.8 Å². The zero-order chi connectivity index (χ0) is 36.9. The van der Waals surface area contributed by atoms with Crippen LogP contribution in [0, 0.1) is 11.8 Å². The summed E-state index contributed by atoms with van der Waals surface area (Å²) in [4.78, 5) is 33.9. The van der Waals surface area contributed by atoms with Crippen molar-refractivity contribution in [1.82, 2.24) is 4.90 Å². The Morgan fingerprint density at radius 1 is 0.885 bits per heavy atom. The number of aliphatic hydroxyl groups excluding tert-OH is 1. The molecule has 1 aliphatic carbocycles. The molecule has 3 aromatic rings. The number of rotatable bonds is 14. The minimum Gasteiger partial charge on any atom is -0.459 e. The van der Waals surface area contributed by atoms with Crippen molar-refractivity contribution in [3.05, 3.63) is 129 Å². The minimum atomic E-state index is -1.30. The van der Waals surface area contributed by atoms with Gasteiger partial charge in [0.25, 0.3) is 0 Å². The number of esters is 1. The first-order valence-corrected chi connectivity index (χ1v) is 17.5. The predicted molar refractivity (Wildman–Crippen MR) is 191 cm³/mol. The number of hydrogen-bond acceptors (Lipinski definition) is 9. The number of aliphatic hydroxyl groups is 1. The third kappa shape index (κ3) is 10.0. The van der Waals surface area contributed by atoms with E-state index in [0.717, 1.165) is 16.7 Å². The molecule has 0 bridgehead atoms. The van der Waals surface area contributed by atoms with Gasteiger partial charge in [0.1, 0.15) is 12.7 Å². The van der Waals surface area contributed by atoms with Crippen molar-refractivity contribution in [2.75, 3.05) is 6.61 Å². The third-order valence-corrected chi connectivity index (χ3v) is 9.79. The van der Waals surface area contributed by atoms with Crippen molar-refractivity contribution in [1.29, 1.82) is 0 Å². The van der Waals surface area contributed by atoms with Crippen LogP contribution in [-0.4, -0.2) is 71.2 Å². The maximum Gasteiger partial charge on any atom is 0.410 e. The number of carbonyl (C=O) groups is 2. The summed E-state index contributed by atoms with van der Waals surface area (Å²) in [5.41, 5.74) is 21.4. The molecule has 1 saturated heterocycles. The normalized spacial score (nSPS) is 26.1. The van der Waals surface area contributed by atoms with Crippen LogP contribution in [0.25, 0.3) is 20.9 Å². The van der Waals surface area contributed by atoms with Gasteiger partial charge in [-0.2, -0.15) is 0 Å². The van der Waals surface area contributed by atoms with E-state index < -0.39 is 60.5 Å². The average Bonchev–Trinajstić information content (AvgIpc) is 3.15. The first kappa shape index (κ1) is 38.1. The van der Waals surface area contributed by atoms with Gasteiger partial charge >= 0.3 is 12.1 Å². The Morgan fingerprint density at radius 3 is 2.06 bits per heavy atom. The lowest BCUT2D eigenvalue weighted by Crippen LogP contribution is -2.60. The van der Waals surface area contributed by atoms with Crippen LogP contribution in [0.4, 0.5) is 4.79 Å². The predicted octanol–water partition coefficient (Wildman–Crippen LogP) is 7.26. The third-order valence-electron chi connectivity index (χ3n) is 9.79. The molecule has 1 aliphatic heterocycles. The molecule has 1 N–H and O–H groups in total. The summed E-state index contributed by atoms with van der Waals surface area (Å²) < 4.78 is 24.6. The van der Waals surface area contributed by atoms with Crippen LogP contribution in [0.1, 0.15) is 49.8 Å². The van der Waals surface area contributed by atoms with E-state index >= 15 is 0 Å². The molecule has 14 nitrogen and oxygen atoms in total. The Kier molecular flexibility index (Phi) is 13.9. The fraction of sp³-hybridized carbons (Fsp3) is 0.474. The number of benzene rings is 3. The van der Waals surface area contributed by atoms with Gasteiger partial charge in [0.15, 0.2) is 0 Å². The largest absolute Gasteiger partial charge is 0.459 e. The van der Waals surface area contributed by atoms with E-state index in [1.54, 1.807) is 4.90 Å². The molecule has 9 atom stereocenters. The van der Waals surface area contributed by atoms with Crippen LogP contribution in [0.5, 0.6) is 0 Å². The minimum absolute atomic E-state index is 0.0608. The van der Waals surface area contributed by atoms with E-state index in [1.165, 1.54) is 6.92 Å². The molecule has 1 amide bonds. The molecule has 5 rings (SSSR count). The fourth-order valence-electron chi connectivity index (χ4n) is 7.34. The van der Waals surface area contributed by atoms with Gasteiger partial charge in [0.05, 0.1) is 49.7 Å². The van der Waals surface area contributed by atoms with Crippen molar-refractivity contribution in [2.45, 2.75) is 95.4 Å². The molecule has 1 heterocycles. The van der Waals surface area contributed by atoms with Gasteiger partial charge in [-0.05, 0) is 52.9 Å². The SMILES string of the molecule is CC(=O)O[C@H]1C(N=[N+]=[N-])C[C@H](C)C([C@H]2O[C@H]([C@@H](COCc3ccccc3)N(Cc3ccccc3)C(=O)OCc3ccccc3)CCC2N=[N+]=[N-])[C@@H]1O. The highest BCUT2D eigenvalue weighted by Crippen LogP contribution is 2.42. The molecule has 1 saturated carbocycles. The highest BCUT2D eigenvalue weighted by atomic mass is 16.6. The van der Waals surface area contributed by atoms with Crippen LogP contribution in [0.15, 0.2) is 101 Å². The average molecular weight is 712 g/mol. The first-order chi connectivity index (χ1) is 25.3. The van der Waals surface area contributed by atoms with E-state index in [4.69, 9.17) is 18.9 Å². The Morgan fingerprint density at radius 2 is 1.46 bits per heavy atom. The van der Waals surface area contributed by atoms with Gasteiger partial charge in [0.2, 0.25) is 0 Å². The van der Waals surface area contributed by atoms with Crippen LogP contribution in [0.3, 0.4) is 0 Å². The van der Waals surface area contributed by atoms with Gasteiger partial charge in [-0.15, -0.1) is 0 Å². The molecule has 0 radical (unpaired) electrons. The molecule has 3 aromatic carbocycles. The molecular weight excluding hydrogens is 666 g/mol. The lowest BCUT2D eigenvalue weighted by Gasteiger charge is -2.49. The highest BCUT2D eigenvalue weighted by molar-refractivity contribution is 5.68. The van der Waals surface area contributed by atoms with Crippen LogP contribution >= 0.6 is 0 Å². The second-order valence-corrected chi connectivity index (χ2v) is 13.3. The van der Waals surface area contributed by atoms with Crippen LogP contribution in [-0.2, 0) is 43.5 Å². The molecular formula is C38H45N7O7. The van der Waals surface area contributed by atoms with Gasteiger partial charge in [-0.25, -0.2) is 4.79 Å². The lowest BCUT2D eigenvalue weighted by molar-refractivity contribution is -0.191. The Hall–Kier alpha value is -5.10. The van der Waals surface area contributed by atoms with Gasteiger partial charge in [-0.3, -0.25) is 9.69 Å². The van der Waals surface area contributed by atoms with E-state index in [0.29, 0.717) is 19.3 Å². The molecule has 0 aromatic heterocycles. The Labute approximate surface area is 302 Å². The zero-order valence-electron chi connectivity index (χ0n) is 29.3. The summed E-state index contributed by atoms with van der Waals surface area (Å²) in [6.07, 6.45) is -3.36. The highest BCUT2D eigenvalue weighted by Gasteiger charge is 2.51. The van der Waals surface area contributed by atoms with Gasteiger partial charge in [-0.1, -0.05) is 108 Å². The zero-order valence-corrected chi connectivity index (χ0v) is 29.3. The summed E-state index contributed by atoms with van der Waals surface area (Å²) in [7, 11) is 0. The Balaban J connectivity index is 1.48. The molecule has 52 heavy (non-hydrogen) atoms. The van der Waals surface area contributed by atoms with Crippen molar-refractivity contribution >= 4 is 12.1 Å². The smallest absolute Gasteiger partial charge is 0.410 e. The van der Waals surface area contributed by atoms with Crippen molar-refractivity contribution in [2.24, 2.45) is 22.1 Å². The monoisotopic (exact) mass is 711 g/mol. The second kappa shape index (κ2) is 18.9. The summed E-state index contributed by atoms with van der Waals surface area (Å²) in [5, 5.41) is 19.7. The number of nitrogens with zero attached hydrogens (tertiary/aromatic N) is 7. The first-order valence-electron chi connectivity index (χ1n) is 17.5. The second-order valence-electron chi connectivity index (χ2n) is 13.3. The number of azide groups is 2. The van der Waals surface area contributed by atoms with E-state index in [1.807, 2.05) is 97.9 Å². The standard InChI is InChI=1S/C38H45N7O7/c1-25-20-31(42-44-40)37(51-26(2)46)35(47)34(25)36-30(41-43-39)18-19-33(52-36)32(24-49-22-28-14-8-4-9-15-28)45(21-27-12-6-3-7-13-27)38(48)50-23-29-16-10-5-11-17-29/h3-17,25,30-37,47H,18-24H2,1-2H3/t25-,30?,31?,32+,33-,34?,35-,36-,37-/m0/s1.